The first-order valence-electron chi connectivity index (χ1n) is 6.41. The molecule has 1 saturated carbocycles. The van der Waals surface area contributed by atoms with E-state index in [0.717, 1.165) is 28.4 Å². The number of rotatable bonds is 3. The van der Waals surface area contributed by atoms with Gasteiger partial charge < -0.3 is 10.2 Å². The van der Waals surface area contributed by atoms with Crippen LogP contribution in [-0.4, -0.2) is 16.2 Å². The quantitative estimate of drug-likeness (QED) is 0.883. The highest BCUT2D eigenvalue weighted by molar-refractivity contribution is 9.10. The van der Waals surface area contributed by atoms with E-state index in [1.165, 1.54) is 0 Å². The van der Waals surface area contributed by atoms with E-state index in [1.54, 1.807) is 0 Å². The van der Waals surface area contributed by atoms with Crippen LogP contribution >= 0.6 is 15.9 Å². The maximum absolute atomic E-state index is 11.0. The van der Waals surface area contributed by atoms with Gasteiger partial charge in [-0.15, -0.1) is 0 Å². The second-order valence-electron chi connectivity index (χ2n) is 6.45. The van der Waals surface area contributed by atoms with Crippen molar-refractivity contribution in [3.63, 3.8) is 0 Å². The van der Waals surface area contributed by atoms with E-state index in [1.807, 2.05) is 32.9 Å². The van der Waals surface area contributed by atoms with Gasteiger partial charge in [0.25, 0.3) is 0 Å². The molecule has 19 heavy (non-hydrogen) atoms. The van der Waals surface area contributed by atoms with Crippen molar-refractivity contribution < 1.29 is 15.0 Å². The van der Waals surface area contributed by atoms with Crippen molar-refractivity contribution in [1.82, 2.24) is 0 Å². The molecular weight excluding hydrogens is 308 g/mol. The molecule has 2 rings (SSSR count). The predicted molar refractivity (Wildman–Crippen MR) is 77.7 cm³/mol. The molecule has 0 aromatic heterocycles. The van der Waals surface area contributed by atoms with Crippen LogP contribution in [0.15, 0.2) is 16.6 Å². The fourth-order valence-electron chi connectivity index (χ4n) is 2.56. The summed E-state index contributed by atoms with van der Waals surface area (Å²) in [5, 5.41) is 19.6. The van der Waals surface area contributed by atoms with E-state index in [0.29, 0.717) is 0 Å². The molecule has 0 bridgehead atoms. The van der Waals surface area contributed by atoms with Gasteiger partial charge in [-0.1, -0.05) is 36.7 Å². The number of aliphatic carboxylic acids is 1. The molecule has 1 fully saturated rings. The van der Waals surface area contributed by atoms with Crippen LogP contribution in [0.5, 0.6) is 5.75 Å². The summed E-state index contributed by atoms with van der Waals surface area (Å²) >= 11 is 3.47. The Balaban J connectivity index is 2.53. The van der Waals surface area contributed by atoms with Gasteiger partial charge in [0.05, 0.1) is 6.42 Å². The van der Waals surface area contributed by atoms with Crippen LogP contribution in [0.2, 0.25) is 0 Å². The number of benzene rings is 1. The van der Waals surface area contributed by atoms with Crippen LogP contribution in [-0.2, 0) is 15.6 Å². The van der Waals surface area contributed by atoms with Gasteiger partial charge in [-0.3, -0.25) is 4.79 Å². The maximum atomic E-state index is 11.0. The molecule has 1 aliphatic carbocycles. The minimum absolute atomic E-state index is 0.0839. The molecule has 1 aliphatic rings. The summed E-state index contributed by atoms with van der Waals surface area (Å²) in [6.45, 7) is 6.11. The Morgan fingerprint density at radius 2 is 1.95 bits per heavy atom. The first-order chi connectivity index (χ1) is 8.66. The Morgan fingerprint density at radius 3 is 2.37 bits per heavy atom. The maximum Gasteiger partial charge on any atom is 0.304 e. The van der Waals surface area contributed by atoms with Gasteiger partial charge in [0.15, 0.2) is 0 Å². The van der Waals surface area contributed by atoms with E-state index < -0.39 is 5.97 Å². The summed E-state index contributed by atoms with van der Waals surface area (Å²) in [6.07, 6.45) is 1.74. The van der Waals surface area contributed by atoms with Crippen molar-refractivity contribution in [3.8, 4) is 5.75 Å². The zero-order chi connectivity index (χ0) is 14.4. The molecule has 0 heterocycles. The zero-order valence-corrected chi connectivity index (χ0v) is 13.0. The standard InChI is InChI=1S/C15H19BrO3/c1-14(2,3)10-6-9(16)7-11(13(10)19)15(4-5-15)8-12(17)18/h6-7,19H,4-5,8H2,1-3H3,(H,17,18). The second kappa shape index (κ2) is 4.51. The molecular formula is C15H19BrO3. The molecule has 3 nitrogen and oxygen atoms in total. The van der Waals surface area contributed by atoms with Crippen molar-refractivity contribution in [1.29, 1.82) is 0 Å². The van der Waals surface area contributed by atoms with Gasteiger partial charge in [0, 0.05) is 21.0 Å². The number of carboxylic acid groups (broad SMARTS) is 1. The number of carboxylic acids is 1. The molecule has 0 atom stereocenters. The Bertz CT molecular complexity index is 525. The fraction of sp³-hybridized carbons (Fsp3) is 0.533. The third kappa shape index (κ3) is 2.78. The molecule has 1 aromatic carbocycles. The number of phenolic OH excluding ortho intramolecular Hbond substituents is 1. The number of hydrogen-bond donors (Lipinski definition) is 2. The third-order valence-electron chi connectivity index (χ3n) is 3.80. The number of halogens is 1. The molecule has 4 heteroatoms. The summed E-state index contributed by atoms with van der Waals surface area (Å²) in [5.41, 5.74) is 1.07. The zero-order valence-electron chi connectivity index (χ0n) is 11.5. The number of aromatic hydroxyl groups is 1. The molecule has 0 aliphatic heterocycles. The van der Waals surface area contributed by atoms with Gasteiger partial charge in [0.1, 0.15) is 5.75 Å². The Kier molecular flexibility index (Phi) is 3.42. The monoisotopic (exact) mass is 326 g/mol. The van der Waals surface area contributed by atoms with E-state index in [4.69, 9.17) is 5.11 Å². The number of carbonyl (C=O) groups is 1. The molecule has 0 radical (unpaired) electrons. The van der Waals surface area contributed by atoms with Gasteiger partial charge in [-0.25, -0.2) is 0 Å². The lowest BCUT2D eigenvalue weighted by molar-refractivity contribution is -0.137. The SMILES string of the molecule is CC(C)(C)c1cc(Br)cc(C2(CC(=O)O)CC2)c1O. The van der Waals surface area contributed by atoms with Crippen LogP contribution in [0.1, 0.15) is 51.2 Å². The predicted octanol–water partition coefficient (Wildman–Crippen LogP) is 3.96. The van der Waals surface area contributed by atoms with Crippen LogP contribution in [0.3, 0.4) is 0 Å². The van der Waals surface area contributed by atoms with E-state index in [-0.39, 0.29) is 23.0 Å². The minimum Gasteiger partial charge on any atom is -0.507 e. The molecule has 0 spiro atoms. The number of hydrogen-bond acceptors (Lipinski definition) is 2. The number of phenols is 1. The highest BCUT2D eigenvalue weighted by atomic mass is 79.9. The fourth-order valence-corrected chi connectivity index (χ4v) is 3.01. The van der Waals surface area contributed by atoms with Crippen LogP contribution < -0.4 is 0 Å². The van der Waals surface area contributed by atoms with E-state index in [2.05, 4.69) is 15.9 Å². The van der Waals surface area contributed by atoms with Crippen molar-refractivity contribution in [2.75, 3.05) is 0 Å². The van der Waals surface area contributed by atoms with Crippen LogP contribution in [0.4, 0.5) is 0 Å². The Labute approximate surface area is 121 Å². The van der Waals surface area contributed by atoms with Crippen LogP contribution in [0, 0.1) is 0 Å². The first kappa shape index (κ1) is 14.4. The minimum atomic E-state index is -0.811. The van der Waals surface area contributed by atoms with Crippen molar-refractivity contribution in [2.24, 2.45) is 0 Å². The largest absolute Gasteiger partial charge is 0.507 e. The topological polar surface area (TPSA) is 57.5 Å². The van der Waals surface area contributed by atoms with Gasteiger partial charge in [-0.05, 0) is 30.4 Å². The lowest BCUT2D eigenvalue weighted by atomic mass is 9.82. The molecule has 1 aromatic rings. The van der Waals surface area contributed by atoms with Crippen molar-refractivity contribution in [2.45, 2.75) is 50.9 Å². The van der Waals surface area contributed by atoms with Gasteiger partial charge in [-0.2, -0.15) is 0 Å². The second-order valence-corrected chi connectivity index (χ2v) is 7.37. The molecule has 104 valence electrons. The summed E-state index contributed by atoms with van der Waals surface area (Å²) in [4.78, 5) is 11.0. The van der Waals surface area contributed by atoms with Crippen LogP contribution in [0.25, 0.3) is 0 Å². The normalized spacial score (nSPS) is 17.3. The molecule has 0 amide bonds. The smallest absolute Gasteiger partial charge is 0.304 e. The van der Waals surface area contributed by atoms with Crippen molar-refractivity contribution in [3.05, 3.63) is 27.7 Å². The average Bonchev–Trinajstić information content (AvgIpc) is 2.99. The third-order valence-corrected chi connectivity index (χ3v) is 4.26. The molecule has 2 N–H and O–H groups in total. The molecule has 0 saturated heterocycles. The Hall–Kier alpha value is -1.03. The lowest BCUT2D eigenvalue weighted by Crippen LogP contribution is -2.17. The summed E-state index contributed by atoms with van der Waals surface area (Å²) in [6, 6.07) is 3.77. The molecule has 0 unspecified atom stereocenters. The van der Waals surface area contributed by atoms with Gasteiger partial charge in [0.2, 0.25) is 0 Å². The van der Waals surface area contributed by atoms with Crippen molar-refractivity contribution >= 4 is 21.9 Å². The summed E-state index contributed by atoms with van der Waals surface area (Å²) in [7, 11) is 0. The first-order valence-corrected chi connectivity index (χ1v) is 7.20. The highest BCUT2D eigenvalue weighted by Crippen LogP contribution is 2.55. The Morgan fingerprint density at radius 1 is 1.37 bits per heavy atom. The van der Waals surface area contributed by atoms with E-state index in [9.17, 15) is 9.90 Å². The van der Waals surface area contributed by atoms with E-state index >= 15 is 0 Å². The average molecular weight is 327 g/mol. The lowest BCUT2D eigenvalue weighted by Gasteiger charge is -2.25. The van der Waals surface area contributed by atoms with Gasteiger partial charge >= 0.3 is 5.97 Å². The highest BCUT2D eigenvalue weighted by Gasteiger charge is 2.48. The summed E-state index contributed by atoms with van der Waals surface area (Å²) < 4.78 is 0.891. The summed E-state index contributed by atoms with van der Waals surface area (Å²) in [5.74, 6) is -0.552.